The Hall–Kier alpha value is -1.41. The second-order valence-electron chi connectivity index (χ2n) is 2.86. The molecule has 0 saturated carbocycles. The summed E-state index contributed by atoms with van der Waals surface area (Å²) in [6.45, 7) is 3.53. The number of aldehydes is 2. The van der Waals surface area contributed by atoms with E-state index in [-0.39, 0.29) is 30.6 Å². The van der Waals surface area contributed by atoms with Crippen molar-refractivity contribution in [2.75, 3.05) is 0 Å². The van der Waals surface area contributed by atoms with Crippen LogP contribution in [0.2, 0.25) is 0 Å². The molecule has 0 spiro atoms. The van der Waals surface area contributed by atoms with E-state index in [1.165, 1.54) is 12.2 Å². The van der Waals surface area contributed by atoms with E-state index < -0.39 is 5.78 Å². The Balaban J connectivity index is 0. The summed E-state index contributed by atoms with van der Waals surface area (Å²) in [5.74, 6) is -0.568. The molecule has 0 amide bonds. The Morgan fingerprint density at radius 3 is 1.41 bits per heavy atom. The number of carbonyl (C=O) groups excluding carboxylic acids is 3. The molecular formula is C13H14O3Ru. The SMILES string of the molecule is C/C=C/C=C(/C=O)C(=O)/C(C=O)=C\C=C\C.[Ru]. The largest absolute Gasteiger partial charge is 0.298 e. The first-order chi connectivity index (χ1) is 7.71. The van der Waals surface area contributed by atoms with Gasteiger partial charge in [-0.15, -0.1) is 0 Å². The number of Topliss-reactive ketones (excluding diaryl/α,β-unsaturated/α-hetero) is 1. The summed E-state index contributed by atoms with van der Waals surface area (Å²) in [5.41, 5.74) is -0.0816. The summed E-state index contributed by atoms with van der Waals surface area (Å²) in [4.78, 5) is 33.0. The number of ketones is 1. The molecule has 0 rings (SSSR count). The fourth-order valence-electron chi connectivity index (χ4n) is 0.903. The first-order valence-corrected chi connectivity index (χ1v) is 4.82. The van der Waals surface area contributed by atoms with Crippen molar-refractivity contribution in [1.82, 2.24) is 0 Å². The Morgan fingerprint density at radius 2 is 1.18 bits per heavy atom. The second-order valence-corrected chi connectivity index (χ2v) is 2.86. The molecule has 0 bridgehead atoms. The summed E-state index contributed by atoms with van der Waals surface area (Å²) in [6, 6.07) is 0. The maximum absolute atomic E-state index is 11.7. The molecule has 0 aromatic heterocycles. The summed E-state index contributed by atoms with van der Waals surface area (Å²) in [6.07, 6.45) is 10.1. The van der Waals surface area contributed by atoms with Gasteiger partial charge in [-0.25, -0.2) is 0 Å². The van der Waals surface area contributed by atoms with Crippen LogP contribution in [-0.4, -0.2) is 18.4 Å². The van der Waals surface area contributed by atoms with Gasteiger partial charge in [0.05, 0.1) is 11.1 Å². The third-order valence-corrected chi connectivity index (χ3v) is 1.71. The number of carbonyl (C=O) groups is 3. The van der Waals surface area contributed by atoms with Crippen molar-refractivity contribution in [3.8, 4) is 0 Å². The Kier molecular flexibility index (Phi) is 11.7. The molecule has 17 heavy (non-hydrogen) atoms. The maximum atomic E-state index is 11.7. The van der Waals surface area contributed by atoms with Crippen molar-refractivity contribution in [3.63, 3.8) is 0 Å². The molecule has 4 heteroatoms. The minimum absolute atomic E-state index is 0. The van der Waals surface area contributed by atoms with Gasteiger partial charge < -0.3 is 0 Å². The molecule has 0 radical (unpaired) electrons. The number of hydrogen-bond acceptors (Lipinski definition) is 3. The van der Waals surface area contributed by atoms with E-state index in [0.717, 1.165) is 0 Å². The van der Waals surface area contributed by atoms with Crippen molar-refractivity contribution in [2.45, 2.75) is 13.8 Å². The smallest absolute Gasteiger partial charge is 0.199 e. The van der Waals surface area contributed by atoms with Crippen molar-refractivity contribution >= 4 is 18.4 Å². The van der Waals surface area contributed by atoms with Gasteiger partial charge in [0.15, 0.2) is 18.4 Å². The van der Waals surface area contributed by atoms with E-state index in [9.17, 15) is 14.4 Å². The summed E-state index contributed by atoms with van der Waals surface area (Å²) >= 11 is 0. The van der Waals surface area contributed by atoms with Gasteiger partial charge in [0.25, 0.3) is 0 Å². The van der Waals surface area contributed by atoms with E-state index in [4.69, 9.17) is 0 Å². The Labute approximate surface area is 114 Å². The normalized spacial score (nSPS) is 12.6. The first-order valence-electron chi connectivity index (χ1n) is 4.82. The minimum atomic E-state index is -0.568. The molecule has 0 aliphatic rings. The van der Waals surface area contributed by atoms with Gasteiger partial charge in [-0.2, -0.15) is 0 Å². The zero-order valence-electron chi connectivity index (χ0n) is 9.70. The number of hydrogen-bond donors (Lipinski definition) is 0. The third-order valence-electron chi connectivity index (χ3n) is 1.71. The third kappa shape index (κ3) is 6.69. The van der Waals surface area contributed by atoms with Gasteiger partial charge in [-0.05, 0) is 26.0 Å². The molecule has 0 aliphatic carbocycles. The van der Waals surface area contributed by atoms with E-state index >= 15 is 0 Å². The molecule has 0 aromatic rings. The van der Waals surface area contributed by atoms with Crippen LogP contribution in [0.3, 0.4) is 0 Å². The molecule has 0 aliphatic heterocycles. The average Bonchev–Trinajstić information content (AvgIpc) is 2.31. The Morgan fingerprint density at radius 1 is 0.824 bits per heavy atom. The molecule has 0 saturated heterocycles. The van der Waals surface area contributed by atoms with E-state index in [1.807, 2.05) is 0 Å². The van der Waals surface area contributed by atoms with E-state index in [2.05, 4.69) is 0 Å². The van der Waals surface area contributed by atoms with E-state index in [1.54, 1.807) is 38.2 Å². The van der Waals surface area contributed by atoms with Crippen LogP contribution in [0, 0.1) is 0 Å². The topological polar surface area (TPSA) is 51.2 Å². The second kappa shape index (κ2) is 11.1. The van der Waals surface area contributed by atoms with Crippen LogP contribution in [0.15, 0.2) is 47.6 Å². The Bertz CT molecular complexity index is 351. The maximum Gasteiger partial charge on any atom is 0.199 e. The van der Waals surface area contributed by atoms with Crippen LogP contribution in [0.5, 0.6) is 0 Å². The van der Waals surface area contributed by atoms with Crippen molar-refractivity contribution in [1.29, 1.82) is 0 Å². The van der Waals surface area contributed by atoms with Crippen molar-refractivity contribution < 1.29 is 33.9 Å². The number of rotatable bonds is 6. The molecule has 0 atom stereocenters. The predicted molar refractivity (Wildman–Crippen MR) is 62.9 cm³/mol. The van der Waals surface area contributed by atoms with Crippen molar-refractivity contribution in [3.05, 3.63) is 47.6 Å². The fourth-order valence-corrected chi connectivity index (χ4v) is 0.903. The first kappa shape index (κ1) is 18.0. The number of allylic oxidation sites excluding steroid dienone is 8. The van der Waals surface area contributed by atoms with Crippen LogP contribution in [-0.2, 0) is 33.9 Å². The van der Waals surface area contributed by atoms with Gasteiger partial charge >= 0.3 is 0 Å². The van der Waals surface area contributed by atoms with Gasteiger partial charge in [0.1, 0.15) is 0 Å². The van der Waals surface area contributed by atoms with Gasteiger partial charge in [-0.3, -0.25) is 14.4 Å². The molecule has 0 aromatic carbocycles. The summed E-state index contributed by atoms with van der Waals surface area (Å²) in [7, 11) is 0. The molecular weight excluding hydrogens is 305 g/mol. The van der Waals surface area contributed by atoms with Gasteiger partial charge in [0, 0.05) is 19.5 Å². The quantitative estimate of drug-likeness (QED) is 0.188. The molecule has 0 unspecified atom stereocenters. The van der Waals surface area contributed by atoms with Crippen LogP contribution >= 0.6 is 0 Å². The van der Waals surface area contributed by atoms with Gasteiger partial charge in [-0.1, -0.05) is 24.3 Å². The minimum Gasteiger partial charge on any atom is -0.298 e. The van der Waals surface area contributed by atoms with Crippen LogP contribution in [0.25, 0.3) is 0 Å². The van der Waals surface area contributed by atoms with Crippen LogP contribution in [0.1, 0.15) is 13.8 Å². The summed E-state index contributed by atoms with van der Waals surface area (Å²) < 4.78 is 0. The fraction of sp³-hybridized carbons (Fsp3) is 0.154. The molecule has 0 fully saturated rings. The monoisotopic (exact) mass is 320 g/mol. The van der Waals surface area contributed by atoms with Crippen molar-refractivity contribution in [2.24, 2.45) is 0 Å². The standard InChI is InChI=1S/C13H14O3.Ru/c1-3-5-7-11(9-14)13(16)12(10-15)8-6-4-2;/h3-10H,1-2H3;/b5-3+,6-4+,11-7-,12-8-;. The molecule has 3 nitrogen and oxygen atoms in total. The summed E-state index contributed by atoms with van der Waals surface area (Å²) in [5, 5.41) is 0. The molecule has 0 heterocycles. The van der Waals surface area contributed by atoms with E-state index in [0.29, 0.717) is 12.6 Å². The molecule has 92 valence electrons. The van der Waals surface area contributed by atoms with Crippen LogP contribution < -0.4 is 0 Å². The zero-order chi connectivity index (χ0) is 12.4. The average molecular weight is 319 g/mol. The molecule has 0 N–H and O–H groups in total. The predicted octanol–water partition coefficient (Wildman–Crippen LogP) is 1.96. The van der Waals surface area contributed by atoms with Gasteiger partial charge in [0.2, 0.25) is 0 Å². The zero-order valence-corrected chi connectivity index (χ0v) is 11.4. The van der Waals surface area contributed by atoms with Crippen LogP contribution in [0.4, 0.5) is 0 Å².